The molecule has 0 saturated carbocycles. The summed E-state index contributed by atoms with van der Waals surface area (Å²) in [7, 11) is -4.03. The molecule has 3 rings (SSSR count). The molecule has 0 saturated heterocycles. The molecule has 2 aliphatic rings. The number of hydrogen-bond acceptors (Lipinski definition) is 7. The molecular formula is C22H27N3O7S. The second-order valence-electron chi connectivity index (χ2n) is 8.98. The molecule has 0 N–H and O–H groups in total. The van der Waals surface area contributed by atoms with Crippen molar-refractivity contribution in [1.82, 2.24) is 9.21 Å². The standard InChI is InChI=1S/C22H27N3O7S/c1-22(2,3)32-21(27)24-11-5-4-6-20(24)17-12-16(15-26)13-23(14-17)33(30,31)19-9-7-18(8-10-19)25(28)29/h4-5,7-10,12,15,17,20H,6,11,13-14H2,1-3H3/t17-,20+/m0/s1. The van der Waals surface area contributed by atoms with E-state index in [0.29, 0.717) is 19.3 Å². The van der Waals surface area contributed by atoms with Crippen molar-refractivity contribution in [2.75, 3.05) is 19.6 Å². The Kier molecular flexibility index (Phi) is 7.03. The number of nitrogens with zero attached hydrogens (tertiary/aromatic N) is 3. The number of nitro benzene ring substituents is 1. The highest BCUT2D eigenvalue weighted by Gasteiger charge is 2.38. The maximum atomic E-state index is 13.3. The van der Waals surface area contributed by atoms with E-state index in [1.807, 2.05) is 12.2 Å². The summed E-state index contributed by atoms with van der Waals surface area (Å²) < 4.78 is 33.2. The highest BCUT2D eigenvalue weighted by atomic mass is 32.2. The summed E-state index contributed by atoms with van der Waals surface area (Å²) in [6.45, 7) is 5.55. The lowest BCUT2D eigenvalue weighted by Crippen LogP contribution is -2.52. The second-order valence-corrected chi connectivity index (χ2v) is 10.9. The Hall–Kier alpha value is -3.05. The zero-order chi connectivity index (χ0) is 24.4. The van der Waals surface area contributed by atoms with E-state index in [-0.39, 0.29) is 29.2 Å². The van der Waals surface area contributed by atoms with Gasteiger partial charge in [-0.25, -0.2) is 13.2 Å². The van der Waals surface area contributed by atoms with Gasteiger partial charge in [-0.15, -0.1) is 0 Å². The molecule has 0 radical (unpaired) electrons. The summed E-state index contributed by atoms with van der Waals surface area (Å²) >= 11 is 0. The predicted molar refractivity (Wildman–Crippen MR) is 120 cm³/mol. The van der Waals surface area contributed by atoms with Crippen LogP contribution < -0.4 is 0 Å². The van der Waals surface area contributed by atoms with E-state index in [9.17, 15) is 28.1 Å². The minimum Gasteiger partial charge on any atom is -0.444 e. The Morgan fingerprint density at radius 2 is 1.88 bits per heavy atom. The molecule has 0 aliphatic carbocycles. The fourth-order valence-corrected chi connectivity index (χ4v) is 5.35. The predicted octanol–water partition coefficient (Wildman–Crippen LogP) is 2.91. The molecule has 2 heterocycles. The van der Waals surface area contributed by atoms with E-state index in [0.717, 1.165) is 12.1 Å². The van der Waals surface area contributed by atoms with Gasteiger partial charge in [0.15, 0.2) is 0 Å². The van der Waals surface area contributed by atoms with Gasteiger partial charge in [0.1, 0.15) is 11.9 Å². The molecule has 0 fully saturated rings. The Morgan fingerprint density at radius 1 is 1.21 bits per heavy atom. The molecule has 178 valence electrons. The lowest BCUT2D eigenvalue weighted by Gasteiger charge is -2.41. The fraction of sp³-hybridized carbons (Fsp3) is 0.455. The van der Waals surface area contributed by atoms with Crippen molar-refractivity contribution in [2.24, 2.45) is 5.92 Å². The number of nitro groups is 1. The Bertz CT molecular complexity index is 1090. The smallest absolute Gasteiger partial charge is 0.410 e. The van der Waals surface area contributed by atoms with Crippen LogP contribution in [0.2, 0.25) is 0 Å². The summed E-state index contributed by atoms with van der Waals surface area (Å²) in [5, 5.41) is 10.9. The van der Waals surface area contributed by atoms with Crippen molar-refractivity contribution in [3.05, 3.63) is 58.2 Å². The van der Waals surface area contributed by atoms with Crippen molar-refractivity contribution in [2.45, 2.75) is 43.7 Å². The number of ether oxygens (including phenoxy) is 1. The van der Waals surface area contributed by atoms with Gasteiger partial charge in [-0.1, -0.05) is 18.2 Å². The Labute approximate surface area is 192 Å². The van der Waals surface area contributed by atoms with Crippen LogP contribution in [0.3, 0.4) is 0 Å². The van der Waals surface area contributed by atoms with E-state index >= 15 is 0 Å². The summed E-state index contributed by atoms with van der Waals surface area (Å²) in [6, 6.07) is 4.21. The number of carbonyl (C=O) groups excluding carboxylic acids is 2. The summed E-state index contributed by atoms with van der Waals surface area (Å²) in [5.74, 6) is -0.441. The third kappa shape index (κ3) is 5.66. The maximum absolute atomic E-state index is 13.3. The zero-order valence-corrected chi connectivity index (χ0v) is 19.5. The number of hydrogen-bond donors (Lipinski definition) is 0. The molecule has 0 bridgehead atoms. The van der Waals surface area contributed by atoms with Crippen LogP contribution in [-0.4, -0.2) is 66.2 Å². The van der Waals surface area contributed by atoms with Crippen molar-refractivity contribution >= 4 is 28.1 Å². The van der Waals surface area contributed by atoms with Gasteiger partial charge in [0.2, 0.25) is 10.0 Å². The van der Waals surface area contributed by atoms with Gasteiger partial charge in [-0.2, -0.15) is 4.31 Å². The van der Waals surface area contributed by atoms with E-state index in [2.05, 4.69) is 0 Å². The number of amides is 1. The quantitative estimate of drug-likeness (QED) is 0.276. The molecule has 1 aromatic carbocycles. The van der Waals surface area contributed by atoms with Gasteiger partial charge < -0.3 is 9.64 Å². The number of rotatable bonds is 5. The first-order chi connectivity index (χ1) is 15.4. The first kappa shape index (κ1) is 24.6. The molecule has 0 aromatic heterocycles. The minimum absolute atomic E-state index is 0.0501. The topological polar surface area (TPSA) is 127 Å². The minimum atomic E-state index is -4.03. The van der Waals surface area contributed by atoms with Crippen LogP contribution in [-0.2, 0) is 19.6 Å². The van der Waals surface area contributed by atoms with Crippen molar-refractivity contribution < 1.29 is 27.7 Å². The molecule has 2 atom stereocenters. The van der Waals surface area contributed by atoms with Crippen molar-refractivity contribution in [3.8, 4) is 0 Å². The van der Waals surface area contributed by atoms with Gasteiger partial charge >= 0.3 is 6.09 Å². The first-order valence-corrected chi connectivity index (χ1v) is 11.9. The molecule has 33 heavy (non-hydrogen) atoms. The van der Waals surface area contributed by atoms with Gasteiger partial charge in [-0.3, -0.25) is 14.9 Å². The largest absolute Gasteiger partial charge is 0.444 e. The lowest BCUT2D eigenvalue weighted by atomic mass is 9.89. The maximum Gasteiger partial charge on any atom is 0.410 e. The zero-order valence-electron chi connectivity index (χ0n) is 18.7. The number of non-ortho nitro benzene ring substituents is 1. The SMILES string of the molecule is CC(C)(C)OC(=O)N1CC=CC[C@@H]1[C@H]1C=C(C=O)CN(S(=O)(=O)c2ccc([N+](=O)[O-])cc2)C1. The molecule has 0 unspecified atom stereocenters. The summed E-state index contributed by atoms with van der Waals surface area (Å²) in [5.41, 5.74) is -0.624. The Balaban J connectivity index is 1.89. The lowest BCUT2D eigenvalue weighted by molar-refractivity contribution is -0.384. The highest BCUT2D eigenvalue weighted by molar-refractivity contribution is 7.89. The van der Waals surface area contributed by atoms with E-state index in [4.69, 9.17) is 4.74 Å². The van der Waals surface area contributed by atoms with Crippen LogP contribution >= 0.6 is 0 Å². The normalized spacial score (nSPS) is 21.9. The van der Waals surface area contributed by atoms with Crippen molar-refractivity contribution in [3.63, 3.8) is 0 Å². The van der Waals surface area contributed by atoms with Gasteiger partial charge in [0, 0.05) is 49.3 Å². The van der Waals surface area contributed by atoms with Crippen LogP contribution in [0, 0.1) is 16.0 Å². The van der Waals surface area contributed by atoms with Gasteiger partial charge in [0.25, 0.3) is 5.69 Å². The number of carbonyl (C=O) groups is 2. The molecule has 10 nitrogen and oxygen atoms in total. The average molecular weight is 478 g/mol. The fourth-order valence-electron chi connectivity index (χ4n) is 3.89. The van der Waals surface area contributed by atoms with Crippen LogP contribution in [0.5, 0.6) is 0 Å². The van der Waals surface area contributed by atoms with Crippen LogP contribution in [0.1, 0.15) is 27.2 Å². The van der Waals surface area contributed by atoms with Crippen LogP contribution in [0.25, 0.3) is 0 Å². The molecular weight excluding hydrogens is 450 g/mol. The first-order valence-electron chi connectivity index (χ1n) is 10.5. The molecule has 2 aliphatic heterocycles. The van der Waals surface area contributed by atoms with Gasteiger partial charge in [0.05, 0.1) is 9.82 Å². The third-order valence-electron chi connectivity index (χ3n) is 5.41. The number of benzene rings is 1. The summed E-state index contributed by atoms with van der Waals surface area (Å²) in [6.07, 6.45) is 6.07. The Morgan fingerprint density at radius 3 is 2.45 bits per heavy atom. The monoisotopic (exact) mass is 477 g/mol. The highest BCUT2D eigenvalue weighted by Crippen LogP contribution is 2.30. The molecule has 1 amide bonds. The molecule has 11 heteroatoms. The van der Waals surface area contributed by atoms with E-state index in [1.54, 1.807) is 31.7 Å². The third-order valence-corrected chi connectivity index (χ3v) is 7.23. The summed E-state index contributed by atoms with van der Waals surface area (Å²) in [4.78, 5) is 36.2. The average Bonchev–Trinajstić information content (AvgIpc) is 2.77. The van der Waals surface area contributed by atoms with Crippen LogP contribution in [0.4, 0.5) is 10.5 Å². The van der Waals surface area contributed by atoms with E-state index in [1.165, 1.54) is 16.4 Å². The van der Waals surface area contributed by atoms with E-state index < -0.39 is 38.6 Å². The molecule has 0 spiro atoms. The number of sulfonamides is 1. The van der Waals surface area contributed by atoms with Gasteiger partial charge in [-0.05, 0) is 39.3 Å². The molecule has 1 aromatic rings. The van der Waals surface area contributed by atoms with Crippen molar-refractivity contribution in [1.29, 1.82) is 0 Å². The van der Waals surface area contributed by atoms with Crippen LogP contribution in [0.15, 0.2) is 53.0 Å². The number of aldehydes is 1. The second kappa shape index (κ2) is 9.44.